The molecule has 3 aliphatic carbocycles. The molecule has 4 aromatic rings. The quantitative estimate of drug-likeness (QED) is 0.219. The molecule has 1 heterocycles. The molecule has 1 fully saturated rings. The van der Waals surface area contributed by atoms with E-state index in [4.69, 9.17) is 27.9 Å². The summed E-state index contributed by atoms with van der Waals surface area (Å²) in [6.07, 6.45) is 0. The number of imide groups is 1. The Hall–Kier alpha value is -4.46. The van der Waals surface area contributed by atoms with Crippen LogP contribution in [0.25, 0.3) is 0 Å². The van der Waals surface area contributed by atoms with Crippen molar-refractivity contribution < 1.29 is 23.9 Å². The maximum atomic E-state index is 14.0. The first-order chi connectivity index (χ1) is 20.3. The zero-order valence-corrected chi connectivity index (χ0v) is 23.4. The van der Waals surface area contributed by atoms with Crippen LogP contribution in [-0.4, -0.2) is 30.3 Å². The predicted octanol–water partition coefficient (Wildman–Crippen LogP) is 6.19. The highest BCUT2D eigenvalue weighted by molar-refractivity contribution is 6.44. The summed E-state index contributed by atoms with van der Waals surface area (Å²) in [6, 6.07) is 27.0. The van der Waals surface area contributed by atoms with Crippen LogP contribution in [0.5, 0.6) is 0 Å². The smallest absolute Gasteiger partial charge is 0.338 e. The molecule has 0 radical (unpaired) electrons. The van der Waals surface area contributed by atoms with Crippen LogP contribution in [-0.2, 0) is 19.1 Å². The number of hydrogen-bond acceptors (Lipinski definition) is 5. The van der Waals surface area contributed by atoms with Gasteiger partial charge in [-0.25, -0.2) is 9.69 Å². The molecule has 3 amide bonds. The number of nitrogens with one attached hydrogen (secondary N) is 1. The van der Waals surface area contributed by atoms with Gasteiger partial charge in [0.05, 0.1) is 38.8 Å². The van der Waals surface area contributed by atoms with Crippen molar-refractivity contribution >= 4 is 58.3 Å². The molecule has 42 heavy (non-hydrogen) atoms. The monoisotopic (exact) mass is 596 g/mol. The molecule has 4 aliphatic rings. The summed E-state index contributed by atoms with van der Waals surface area (Å²) in [5.41, 5.74) is 5.01. The first kappa shape index (κ1) is 26.4. The number of carbonyl (C=O) groups is 4. The van der Waals surface area contributed by atoms with Crippen molar-refractivity contribution in [3.63, 3.8) is 0 Å². The fraction of sp³-hybridized carbons (Fsp3) is 0.152. The SMILES string of the molecule is O=C(COC(=O)c1cccc(N2C(=O)[C@H]3C4c5ccccc5C(c5ccccc54)[C@@H]3C2=O)c1)Nc1cccc(Cl)c1Cl. The van der Waals surface area contributed by atoms with Crippen LogP contribution in [0.1, 0.15) is 44.4 Å². The van der Waals surface area contributed by atoms with Crippen LogP contribution < -0.4 is 10.2 Å². The van der Waals surface area contributed by atoms with E-state index in [1.807, 2.05) is 48.5 Å². The van der Waals surface area contributed by atoms with Gasteiger partial charge in [0.2, 0.25) is 11.8 Å². The first-order valence-corrected chi connectivity index (χ1v) is 14.2. The van der Waals surface area contributed by atoms with Gasteiger partial charge in [-0.1, -0.05) is 83.9 Å². The van der Waals surface area contributed by atoms with Crippen molar-refractivity contribution in [1.82, 2.24) is 0 Å². The maximum Gasteiger partial charge on any atom is 0.338 e. The molecule has 0 saturated carbocycles. The Bertz CT molecular complexity index is 1710. The normalized spacial score (nSPS) is 21.4. The maximum absolute atomic E-state index is 14.0. The minimum absolute atomic E-state index is 0.103. The lowest BCUT2D eigenvalue weighted by atomic mass is 9.55. The Kier molecular flexibility index (Phi) is 6.37. The minimum Gasteiger partial charge on any atom is -0.452 e. The Labute approximate surface area is 251 Å². The van der Waals surface area contributed by atoms with Crippen LogP contribution in [0, 0.1) is 11.8 Å². The van der Waals surface area contributed by atoms with Crippen LogP contribution in [0.2, 0.25) is 10.0 Å². The van der Waals surface area contributed by atoms with E-state index in [9.17, 15) is 19.2 Å². The van der Waals surface area contributed by atoms with Gasteiger partial charge in [-0.15, -0.1) is 0 Å². The van der Waals surface area contributed by atoms with Gasteiger partial charge < -0.3 is 10.1 Å². The number of amides is 3. The van der Waals surface area contributed by atoms with E-state index in [0.29, 0.717) is 0 Å². The number of hydrogen-bond donors (Lipinski definition) is 1. The number of benzene rings is 4. The van der Waals surface area contributed by atoms with Gasteiger partial charge in [-0.3, -0.25) is 14.4 Å². The number of halogens is 2. The summed E-state index contributed by atoms with van der Waals surface area (Å²) in [5.74, 6) is -3.48. The van der Waals surface area contributed by atoms with Crippen molar-refractivity contribution in [2.75, 3.05) is 16.8 Å². The average molecular weight is 597 g/mol. The topological polar surface area (TPSA) is 92.8 Å². The summed E-state index contributed by atoms with van der Waals surface area (Å²) in [4.78, 5) is 54.5. The third-order valence-corrected chi connectivity index (χ3v) is 9.17. The molecule has 1 N–H and O–H groups in total. The van der Waals surface area contributed by atoms with E-state index in [0.717, 1.165) is 22.3 Å². The highest BCUT2D eigenvalue weighted by Gasteiger charge is 2.61. The lowest BCUT2D eigenvalue weighted by Gasteiger charge is -2.45. The van der Waals surface area contributed by atoms with Crippen LogP contribution >= 0.6 is 23.2 Å². The van der Waals surface area contributed by atoms with Gasteiger partial charge in [0.1, 0.15) is 0 Å². The zero-order valence-electron chi connectivity index (χ0n) is 21.9. The van der Waals surface area contributed by atoms with E-state index in [-0.39, 0.29) is 50.6 Å². The summed E-state index contributed by atoms with van der Waals surface area (Å²) >= 11 is 12.1. The second kappa shape index (κ2) is 10.1. The van der Waals surface area contributed by atoms with Crippen LogP contribution in [0.4, 0.5) is 11.4 Å². The Balaban J connectivity index is 1.13. The standard InChI is InChI=1S/C33H22Cl2N2O5/c34-23-13-6-14-24(30(23)35)36-25(38)16-42-33(41)17-7-5-8-18(15-17)37-31(39)28-26-19-9-1-2-10-20(19)27(29(28)32(37)40)22-12-4-3-11-21(22)26/h1-15,26-29H,16H2,(H,36,38)/t26?,27?,28-,29-/m0/s1. The number of esters is 1. The predicted molar refractivity (Wildman–Crippen MR) is 158 cm³/mol. The third-order valence-electron chi connectivity index (χ3n) is 8.35. The summed E-state index contributed by atoms with van der Waals surface area (Å²) in [5, 5.41) is 3.00. The Morgan fingerprint density at radius 3 is 1.86 bits per heavy atom. The highest BCUT2D eigenvalue weighted by Crippen LogP contribution is 2.61. The first-order valence-electron chi connectivity index (χ1n) is 13.4. The van der Waals surface area contributed by atoms with Crippen molar-refractivity contribution in [3.05, 3.63) is 129 Å². The van der Waals surface area contributed by atoms with E-state index in [2.05, 4.69) is 5.32 Å². The molecule has 9 heteroatoms. The van der Waals surface area contributed by atoms with Gasteiger partial charge in [0.15, 0.2) is 6.61 Å². The lowest BCUT2D eigenvalue weighted by Crippen LogP contribution is -2.41. The average Bonchev–Trinajstić information content (AvgIpc) is 3.28. The van der Waals surface area contributed by atoms with E-state index < -0.39 is 30.3 Å². The lowest BCUT2D eigenvalue weighted by molar-refractivity contribution is -0.122. The largest absolute Gasteiger partial charge is 0.452 e. The van der Waals surface area contributed by atoms with Crippen LogP contribution in [0.15, 0.2) is 91.0 Å². The molecule has 0 unspecified atom stereocenters. The third kappa shape index (κ3) is 4.03. The van der Waals surface area contributed by atoms with E-state index in [1.54, 1.807) is 30.3 Å². The van der Waals surface area contributed by atoms with Crippen molar-refractivity contribution in [2.24, 2.45) is 11.8 Å². The number of rotatable bonds is 5. The second-order valence-electron chi connectivity index (χ2n) is 10.6. The molecule has 7 nitrogen and oxygen atoms in total. The second-order valence-corrected chi connectivity index (χ2v) is 11.3. The molecular formula is C33H22Cl2N2O5. The van der Waals surface area contributed by atoms with Crippen LogP contribution in [0.3, 0.4) is 0 Å². The number of nitrogens with zero attached hydrogens (tertiary/aromatic N) is 1. The fourth-order valence-corrected chi connectivity index (χ4v) is 7.05. The molecule has 0 aromatic heterocycles. The molecule has 2 bridgehead atoms. The van der Waals surface area contributed by atoms with Gasteiger partial charge in [0.25, 0.3) is 5.91 Å². The number of anilines is 2. The highest BCUT2D eigenvalue weighted by atomic mass is 35.5. The van der Waals surface area contributed by atoms with Gasteiger partial charge in [0, 0.05) is 11.8 Å². The van der Waals surface area contributed by atoms with Crippen molar-refractivity contribution in [3.8, 4) is 0 Å². The molecular weight excluding hydrogens is 575 g/mol. The molecule has 8 rings (SSSR count). The number of ether oxygens (including phenoxy) is 1. The summed E-state index contributed by atoms with van der Waals surface area (Å²) in [6.45, 7) is -0.572. The van der Waals surface area contributed by atoms with Crippen molar-refractivity contribution in [1.29, 1.82) is 0 Å². The Morgan fingerprint density at radius 2 is 1.29 bits per heavy atom. The van der Waals surface area contributed by atoms with Crippen molar-refractivity contribution in [2.45, 2.75) is 11.8 Å². The molecule has 208 valence electrons. The summed E-state index contributed by atoms with van der Waals surface area (Å²) < 4.78 is 5.21. The van der Waals surface area contributed by atoms with Gasteiger partial charge in [-0.05, 0) is 52.6 Å². The van der Waals surface area contributed by atoms with Gasteiger partial charge >= 0.3 is 5.97 Å². The zero-order chi connectivity index (χ0) is 29.1. The molecule has 1 saturated heterocycles. The molecule has 0 spiro atoms. The van der Waals surface area contributed by atoms with E-state index in [1.165, 1.54) is 17.0 Å². The van der Waals surface area contributed by atoms with E-state index >= 15 is 0 Å². The Morgan fingerprint density at radius 1 is 0.738 bits per heavy atom. The summed E-state index contributed by atoms with van der Waals surface area (Å²) in [7, 11) is 0. The van der Waals surface area contributed by atoms with Gasteiger partial charge in [-0.2, -0.15) is 0 Å². The molecule has 1 aliphatic heterocycles. The number of carbonyl (C=O) groups excluding carboxylic acids is 4. The molecule has 4 aromatic carbocycles. The minimum atomic E-state index is -0.777. The molecule has 2 atom stereocenters. The fourth-order valence-electron chi connectivity index (χ4n) is 6.70.